The van der Waals surface area contributed by atoms with E-state index in [2.05, 4.69) is 37.4 Å². The van der Waals surface area contributed by atoms with E-state index in [1.165, 1.54) is 11.1 Å². The second-order valence-corrected chi connectivity index (χ2v) is 5.95. The first-order valence-corrected chi connectivity index (χ1v) is 7.46. The lowest BCUT2D eigenvalue weighted by Crippen LogP contribution is -2.39. The highest BCUT2D eigenvalue weighted by atomic mass is 16.5. The average molecular weight is 275 g/mol. The van der Waals surface area contributed by atoms with Crippen molar-refractivity contribution in [3.05, 3.63) is 34.9 Å². The lowest BCUT2D eigenvalue weighted by molar-refractivity contribution is -0.121. The summed E-state index contributed by atoms with van der Waals surface area (Å²) < 4.78 is 5.35. The molecule has 1 N–H and O–H groups in total. The Morgan fingerprint density at radius 1 is 1.15 bits per heavy atom. The van der Waals surface area contributed by atoms with Crippen molar-refractivity contribution in [2.75, 3.05) is 7.11 Å². The Morgan fingerprint density at radius 2 is 1.75 bits per heavy atom. The van der Waals surface area contributed by atoms with Crippen LogP contribution in [-0.2, 0) is 16.0 Å². The van der Waals surface area contributed by atoms with E-state index < -0.39 is 0 Å². The first kappa shape index (κ1) is 15.0. The number of hydrogen-bond acceptors (Lipinski definition) is 2. The predicted molar refractivity (Wildman–Crippen MR) is 80.8 cm³/mol. The van der Waals surface area contributed by atoms with Gasteiger partial charge in [0.2, 0.25) is 5.91 Å². The van der Waals surface area contributed by atoms with Crippen LogP contribution in [-0.4, -0.2) is 25.2 Å². The van der Waals surface area contributed by atoms with Crippen LogP contribution in [0, 0.1) is 13.8 Å². The number of amides is 1. The topological polar surface area (TPSA) is 38.3 Å². The van der Waals surface area contributed by atoms with Gasteiger partial charge < -0.3 is 10.1 Å². The fraction of sp³-hybridized carbons (Fsp3) is 0.588. The molecule has 0 radical (unpaired) electrons. The molecule has 0 aliphatic heterocycles. The smallest absolute Gasteiger partial charge is 0.224 e. The van der Waals surface area contributed by atoms with Gasteiger partial charge in [0.25, 0.3) is 0 Å². The first-order chi connectivity index (χ1) is 9.56. The van der Waals surface area contributed by atoms with Crippen LogP contribution < -0.4 is 5.32 Å². The van der Waals surface area contributed by atoms with Crippen LogP contribution in [0.4, 0.5) is 0 Å². The Bertz CT molecular complexity index is 442. The Kier molecular flexibility index (Phi) is 5.18. The van der Waals surface area contributed by atoms with Crippen molar-refractivity contribution in [3.63, 3.8) is 0 Å². The third kappa shape index (κ3) is 4.34. The van der Waals surface area contributed by atoms with Gasteiger partial charge in [0, 0.05) is 13.2 Å². The van der Waals surface area contributed by atoms with E-state index >= 15 is 0 Å². The van der Waals surface area contributed by atoms with E-state index in [1.54, 1.807) is 7.11 Å². The van der Waals surface area contributed by atoms with E-state index in [0.717, 1.165) is 31.2 Å². The maximum Gasteiger partial charge on any atom is 0.224 e. The minimum Gasteiger partial charge on any atom is -0.381 e. The summed E-state index contributed by atoms with van der Waals surface area (Å²) in [6.07, 6.45) is 5.00. The molecule has 110 valence electrons. The number of aryl methyl sites for hydroxylation is 2. The molecule has 1 aliphatic rings. The van der Waals surface area contributed by atoms with E-state index in [4.69, 9.17) is 4.74 Å². The molecular formula is C17H25NO2. The Hall–Kier alpha value is -1.35. The molecule has 3 nitrogen and oxygen atoms in total. The van der Waals surface area contributed by atoms with Gasteiger partial charge in [-0.05, 0) is 45.1 Å². The maximum absolute atomic E-state index is 12.1. The number of carbonyl (C=O) groups excluding carboxylic acids is 1. The number of hydrogen-bond donors (Lipinski definition) is 1. The zero-order valence-corrected chi connectivity index (χ0v) is 12.7. The summed E-state index contributed by atoms with van der Waals surface area (Å²) in [5.41, 5.74) is 3.53. The SMILES string of the molecule is COC1CCC(NC(=O)Cc2cc(C)cc(C)c2)CC1. The van der Waals surface area contributed by atoms with Gasteiger partial charge >= 0.3 is 0 Å². The van der Waals surface area contributed by atoms with Crippen LogP contribution in [0.5, 0.6) is 0 Å². The second-order valence-electron chi connectivity index (χ2n) is 5.95. The summed E-state index contributed by atoms with van der Waals surface area (Å²) in [4.78, 5) is 12.1. The molecule has 0 aromatic heterocycles. The fourth-order valence-corrected chi connectivity index (χ4v) is 3.08. The molecular weight excluding hydrogens is 250 g/mol. The molecule has 1 aromatic rings. The molecule has 0 atom stereocenters. The number of ether oxygens (including phenoxy) is 1. The molecule has 1 fully saturated rings. The molecule has 1 aliphatic carbocycles. The van der Waals surface area contributed by atoms with E-state index in [0.29, 0.717) is 18.6 Å². The Balaban J connectivity index is 1.83. The van der Waals surface area contributed by atoms with Crippen molar-refractivity contribution in [1.82, 2.24) is 5.32 Å². The predicted octanol–water partition coefficient (Wildman–Crippen LogP) is 2.92. The minimum absolute atomic E-state index is 0.135. The number of carbonyl (C=O) groups is 1. The molecule has 0 saturated heterocycles. The van der Waals surface area contributed by atoms with E-state index in [-0.39, 0.29) is 5.91 Å². The summed E-state index contributed by atoms with van der Waals surface area (Å²) in [6, 6.07) is 6.63. The summed E-state index contributed by atoms with van der Waals surface area (Å²) in [5, 5.41) is 3.16. The van der Waals surface area contributed by atoms with Crippen molar-refractivity contribution in [2.24, 2.45) is 0 Å². The Morgan fingerprint density at radius 3 is 2.30 bits per heavy atom. The van der Waals surface area contributed by atoms with Crippen molar-refractivity contribution in [2.45, 2.75) is 58.1 Å². The maximum atomic E-state index is 12.1. The van der Waals surface area contributed by atoms with Crippen LogP contribution in [0.2, 0.25) is 0 Å². The molecule has 1 amide bonds. The minimum atomic E-state index is 0.135. The molecule has 0 unspecified atom stereocenters. The normalized spacial score (nSPS) is 22.6. The monoisotopic (exact) mass is 275 g/mol. The summed E-state index contributed by atoms with van der Waals surface area (Å²) in [6.45, 7) is 4.14. The van der Waals surface area contributed by atoms with Gasteiger partial charge in [-0.2, -0.15) is 0 Å². The van der Waals surface area contributed by atoms with Crippen LogP contribution in [0.3, 0.4) is 0 Å². The molecule has 1 aromatic carbocycles. The number of methoxy groups -OCH3 is 1. The van der Waals surface area contributed by atoms with Crippen molar-refractivity contribution in [1.29, 1.82) is 0 Å². The highest BCUT2D eigenvalue weighted by Crippen LogP contribution is 2.20. The molecule has 20 heavy (non-hydrogen) atoms. The second kappa shape index (κ2) is 6.89. The van der Waals surface area contributed by atoms with Crippen LogP contribution >= 0.6 is 0 Å². The Labute approximate surface area is 121 Å². The molecule has 0 bridgehead atoms. The largest absolute Gasteiger partial charge is 0.381 e. The molecule has 0 heterocycles. The third-order valence-electron chi connectivity index (χ3n) is 4.02. The summed E-state index contributed by atoms with van der Waals surface area (Å²) >= 11 is 0. The van der Waals surface area contributed by atoms with Gasteiger partial charge in [0.15, 0.2) is 0 Å². The zero-order valence-electron chi connectivity index (χ0n) is 12.7. The molecule has 3 heteroatoms. The molecule has 0 spiro atoms. The van der Waals surface area contributed by atoms with Gasteiger partial charge in [-0.1, -0.05) is 29.3 Å². The highest BCUT2D eigenvalue weighted by Gasteiger charge is 2.21. The van der Waals surface area contributed by atoms with E-state index in [9.17, 15) is 4.79 Å². The van der Waals surface area contributed by atoms with Gasteiger partial charge in [-0.25, -0.2) is 0 Å². The van der Waals surface area contributed by atoms with E-state index in [1.807, 2.05) is 0 Å². The lowest BCUT2D eigenvalue weighted by Gasteiger charge is -2.28. The highest BCUT2D eigenvalue weighted by molar-refractivity contribution is 5.79. The molecule has 1 saturated carbocycles. The fourth-order valence-electron chi connectivity index (χ4n) is 3.08. The van der Waals surface area contributed by atoms with Crippen molar-refractivity contribution in [3.8, 4) is 0 Å². The van der Waals surface area contributed by atoms with Crippen LogP contribution in [0.25, 0.3) is 0 Å². The lowest BCUT2D eigenvalue weighted by atomic mass is 9.92. The van der Waals surface area contributed by atoms with Crippen LogP contribution in [0.15, 0.2) is 18.2 Å². The number of nitrogens with one attached hydrogen (secondary N) is 1. The number of rotatable bonds is 4. The standard InChI is InChI=1S/C17H25NO2/c1-12-8-13(2)10-14(9-12)11-17(19)18-15-4-6-16(20-3)7-5-15/h8-10,15-16H,4-7,11H2,1-3H3,(H,18,19). The van der Waals surface area contributed by atoms with Gasteiger partial charge in [-0.3, -0.25) is 4.79 Å². The third-order valence-corrected chi connectivity index (χ3v) is 4.02. The van der Waals surface area contributed by atoms with Gasteiger partial charge in [-0.15, -0.1) is 0 Å². The first-order valence-electron chi connectivity index (χ1n) is 7.46. The summed E-state index contributed by atoms with van der Waals surface area (Å²) in [5.74, 6) is 0.135. The molecule has 2 rings (SSSR count). The average Bonchev–Trinajstić information content (AvgIpc) is 2.38. The van der Waals surface area contributed by atoms with Gasteiger partial charge in [0.1, 0.15) is 0 Å². The van der Waals surface area contributed by atoms with Crippen molar-refractivity contribution < 1.29 is 9.53 Å². The van der Waals surface area contributed by atoms with Crippen molar-refractivity contribution >= 4 is 5.91 Å². The number of benzene rings is 1. The quantitative estimate of drug-likeness (QED) is 0.917. The van der Waals surface area contributed by atoms with Gasteiger partial charge in [0.05, 0.1) is 12.5 Å². The van der Waals surface area contributed by atoms with Crippen LogP contribution in [0.1, 0.15) is 42.4 Å². The summed E-state index contributed by atoms with van der Waals surface area (Å²) in [7, 11) is 1.77. The zero-order chi connectivity index (χ0) is 14.5.